The molecule has 2 aromatic rings. The topological polar surface area (TPSA) is 429 Å². The molecule has 0 fully saturated rings. The van der Waals surface area contributed by atoms with Gasteiger partial charge in [-0.25, -0.2) is 0 Å². The van der Waals surface area contributed by atoms with Crippen LogP contribution < -0.4 is 76.5 Å². The Kier molecular flexibility index (Phi) is 59.2. The van der Waals surface area contributed by atoms with Crippen LogP contribution in [-0.2, 0) is 60.8 Å². The maximum absolute atomic E-state index is 12.6. The highest BCUT2D eigenvalue weighted by atomic mass is 16.3. The predicted molar refractivity (Wildman–Crippen MR) is 430 cm³/mol. The summed E-state index contributed by atoms with van der Waals surface area (Å²) >= 11 is 0. The van der Waals surface area contributed by atoms with E-state index < -0.39 is 12.1 Å². The van der Waals surface area contributed by atoms with Gasteiger partial charge in [0.2, 0.25) is 0 Å². The second-order valence-electron chi connectivity index (χ2n) is 28.1. The van der Waals surface area contributed by atoms with E-state index in [0.717, 1.165) is 56.1 Å². The lowest BCUT2D eigenvalue weighted by molar-refractivity contribution is -0.129. The summed E-state index contributed by atoms with van der Waals surface area (Å²) < 4.78 is 0. The number of nitrogens with one attached hydrogen (secondary N) is 9. The van der Waals surface area contributed by atoms with Crippen LogP contribution in [0, 0.1) is 41.4 Å². The van der Waals surface area contributed by atoms with Crippen LogP contribution in [0.4, 0.5) is 0 Å². The number of nitrogens with two attached hydrogens (primary N) is 5. The van der Waals surface area contributed by atoms with Gasteiger partial charge in [-0.3, -0.25) is 47.9 Å². The predicted octanol–water partition coefficient (Wildman–Crippen LogP) is 6.20. The van der Waals surface area contributed by atoms with Crippen molar-refractivity contribution in [3.05, 3.63) is 121 Å². The van der Waals surface area contributed by atoms with Crippen molar-refractivity contribution >= 4 is 57.8 Å². The quantitative estimate of drug-likeness (QED) is 0.0328. The maximum Gasteiger partial charge on any atom is 0.153 e. The van der Waals surface area contributed by atoms with Crippen LogP contribution in [0.15, 0.2) is 110 Å². The van der Waals surface area contributed by atoms with E-state index in [1.165, 1.54) is 6.92 Å². The number of aliphatic hydroxyl groups is 1. The van der Waals surface area contributed by atoms with E-state index in [9.17, 15) is 53.1 Å². The van der Waals surface area contributed by atoms with E-state index in [1.54, 1.807) is 69.9 Å². The van der Waals surface area contributed by atoms with Crippen molar-refractivity contribution in [3.8, 4) is 0 Å². The highest BCUT2D eigenvalue weighted by Gasteiger charge is 2.30. The molecule has 0 bridgehead atoms. The fourth-order valence-corrected chi connectivity index (χ4v) is 11.9. The van der Waals surface area contributed by atoms with Gasteiger partial charge in [0.1, 0.15) is 28.9 Å². The van der Waals surface area contributed by atoms with Gasteiger partial charge in [0.05, 0.1) is 59.6 Å². The monoisotopic (exact) mass is 1490 g/mol. The van der Waals surface area contributed by atoms with Gasteiger partial charge in [0, 0.05) is 87.9 Å². The number of hydrogen-bond donors (Lipinski definition) is 15. The third-order valence-electron chi connectivity index (χ3n) is 18.3. The molecule has 0 spiro atoms. The summed E-state index contributed by atoms with van der Waals surface area (Å²) in [5.41, 5.74) is 29.4. The highest BCUT2D eigenvalue weighted by molar-refractivity contribution is 5.92. The molecule has 0 saturated carbocycles. The second kappa shape index (κ2) is 61.3. The summed E-state index contributed by atoms with van der Waals surface area (Å²) in [6.07, 6.45) is 10.2. The van der Waals surface area contributed by atoms with Crippen LogP contribution >= 0.6 is 0 Å². The summed E-state index contributed by atoms with van der Waals surface area (Å²) in [7, 11) is 8.76. The number of likely N-dealkylation sites (N-methyl/N-ethyl adjacent to an activating group) is 5. The fraction of sp³-hybridized carbons (Fsp3) is 0.630. The number of carbonyl (C=O) groups is 10. The van der Waals surface area contributed by atoms with Gasteiger partial charge in [0.25, 0.3) is 0 Å². The van der Waals surface area contributed by atoms with Crippen molar-refractivity contribution in [2.75, 3.05) is 68.0 Å². The van der Waals surface area contributed by atoms with Crippen LogP contribution in [0.25, 0.3) is 0 Å². The lowest BCUT2D eigenvalue weighted by Gasteiger charge is -2.21. The van der Waals surface area contributed by atoms with Gasteiger partial charge < -0.3 is 81.6 Å². The van der Waals surface area contributed by atoms with Gasteiger partial charge in [-0.1, -0.05) is 121 Å². The van der Waals surface area contributed by atoms with E-state index in [1.807, 2.05) is 88.4 Å². The molecule has 0 aliphatic carbocycles. The third kappa shape index (κ3) is 50.7. The fourth-order valence-electron chi connectivity index (χ4n) is 11.9. The Bertz CT molecular complexity index is 2750. The summed E-state index contributed by atoms with van der Waals surface area (Å²) in [6.45, 7) is 34.7. The molecule has 0 aliphatic heterocycles. The Balaban J connectivity index is -0.00000125. The number of hydrogen-bond acceptors (Lipinski definition) is 25. The van der Waals surface area contributed by atoms with E-state index >= 15 is 0 Å². The summed E-state index contributed by atoms with van der Waals surface area (Å²) in [4.78, 5) is 120. The van der Waals surface area contributed by atoms with Gasteiger partial charge >= 0.3 is 0 Å². The average molecular weight is 1490 g/mol. The minimum atomic E-state index is -0.776. The highest BCUT2D eigenvalue weighted by Crippen LogP contribution is 2.22. The van der Waals surface area contributed by atoms with E-state index in [2.05, 4.69) is 74.2 Å². The summed E-state index contributed by atoms with van der Waals surface area (Å²) in [5, 5.41) is 36.1. The molecule has 25 heteroatoms. The first-order valence-corrected chi connectivity index (χ1v) is 37.6. The number of carbonyl (C=O) groups excluding carboxylic acids is 10. The first-order valence-electron chi connectivity index (χ1n) is 37.6. The molecule has 25 nitrogen and oxygen atoms in total. The zero-order valence-electron chi connectivity index (χ0n) is 67.3. The number of unbranched alkanes of at least 4 members (excludes halogenated alkanes) is 1. The molecule has 602 valence electrons. The van der Waals surface area contributed by atoms with E-state index in [0.29, 0.717) is 114 Å². The van der Waals surface area contributed by atoms with Gasteiger partial charge in [-0.2, -0.15) is 0 Å². The smallest absolute Gasteiger partial charge is 0.153 e. The van der Waals surface area contributed by atoms with Crippen molar-refractivity contribution in [2.45, 2.75) is 221 Å². The Labute approximate surface area is 636 Å². The average Bonchev–Trinajstić information content (AvgIpc) is 1.07. The van der Waals surface area contributed by atoms with Crippen LogP contribution in [0.5, 0.6) is 0 Å². The molecule has 0 radical (unpaired) electrons. The largest absolute Gasteiger partial charge is 0.391 e. The molecule has 0 saturated heterocycles. The van der Waals surface area contributed by atoms with Crippen molar-refractivity contribution in [1.82, 2.24) is 47.9 Å². The molecule has 1 unspecified atom stereocenters. The molecule has 20 N–H and O–H groups in total. The number of rotatable bonds is 56. The minimum Gasteiger partial charge on any atom is -0.391 e. The first kappa shape index (κ1) is 102. The number of aliphatic hydroxyl groups excluding tert-OH is 1. The lowest BCUT2D eigenvalue weighted by atomic mass is 9.88. The van der Waals surface area contributed by atoms with Crippen LogP contribution in [-0.4, -0.2) is 167 Å². The number of Topliss-reactive ketones (excluding diaryl/α,β-unsaturated/α-hetero) is 10. The standard InChI is InChI=1S/C19H29N3O2.C18H28N2O2.2C15H29N3O2.C14H27N3O3/c1-14(23)17(10-7-11-22-15(2)20)13-19(24)18(21-3)12-16-8-5-4-6-9-16;1-14(21)16(10-6-7-11-19)13-18(22)17(20-2)12-15-8-4-3-5-9-15;2*1-10(2)15(17-5)14(20)9-13(11(3)19)7-6-8-18-12(4)16;1-9(18)12(6-5-7-17-11(3)15)8-13(20)14(16-4)10(2)19/h4-6,8-9,17-18,21-22H,2,7,10-13,20H2,1,3H3;3-5,8-9,16-17,20H,6-7,10-13,19H2,1-2H3;2*10,13,15,17-18H,4,6-9,16H2,1-3,5H3;10,12,14,16-17,19H,3,5-8,15H2,1-2,4H3/t17-,18+;16-,17+;2*13-,15+;10?,12-,14+/m11111/s1. The Morgan fingerprint density at radius 2 is 0.594 bits per heavy atom. The number of benzene rings is 2. The lowest BCUT2D eigenvalue weighted by Crippen LogP contribution is -2.43. The third-order valence-corrected chi connectivity index (χ3v) is 18.3. The van der Waals surface area contributed by atoms with Gasteiger partial charge in [-0.15, -0.1) is 0 Å². The zero-order valence-corrected chi connectivity index (χ0v) is 67.3. The second-order valence-corrected chi connectivity index (χ2v) is 28.1. The van der Waals surface area contributed by atoms with Crippen molar-refractivity contribution in [1.29, 1.82) is 0 Å². The summed E-state index contributed by atoms with van der Waals surface area (Å²) in [5.74, 6) is 1.54. The molecular formula is C81H142N14O11. The van der Waals surface area contributed by atoms with Crippen molar-refractivity contribution < 1.29 is 53.1 Å². The zero-order chi connectivity index (χ0) is 81.4. The Morgan fingerprint density at radius 3 is 0.792 bits per heavy atom. The van der Waals surface area contributed by atoms with E-state index in [-0.39, 0.29) is 136 Å². The van der Waals surface area contributed by atoms with Crippen molar-refractivity contribution in [3.63, 3.8) is 0 Å². The molecule has 11 atom stereocenters. The van der Waals surface area contributed by atoms with Crippen molar-refractivity contribution in [2.24, 2.45) is 70.1 Å². The molecule has 2 rings (SSSR count). The number of ketones is 10. The molecule has 0 heterocycles. The van der Waals surface area contributed by atoms with Gasteiger partial charge in [0.15, 0.2) is 28.9 Å². The maximum atomic E-state index is 12.6. The Hall–Kier alpha value is -7.78. The molecule has 0 aromatic heterocycles. The molecule has 0 aliphatic rings. The first-order chi connectivity index (χ1) is 49.9. The van der Waals surface area contributed by atoms with Crippen LogP contribution in [0.2, 0.25) is 0 Å². The SMILES string of the molecule is C=C(N)NCCC[C@H](CC(=O)[C@@H](NC)C(C)C)C(C)=O.C=C(N)NCCC[C@H](CC(=O)[C@@H](NC)C(C)C)C(C)=O.C=C(N)NCCC[C@H](CC(=O)[C@@H](NC)C(C)O)C(C)=O.C=C(N)NCCC[C@H](CC(=O)[C@H](Cc1ccccc1)NC)C(C)=O.CN[C@@H](Cc1ccccc1)C(=O)C[C@@H](CCCCN)C(C)=O. The molecule has 2 aromatic carbocycles. The minimum absolute atomic E-state index is 0.00892. The molecule has 106 heavy (non-hydrogen) atoms. The normalized spacial score (nSPS) is 13.9. The van der Waals surface area contributed by atoms with E-state index in [4.69, 9.17) is 28.7 Å². The van der Waals surface area contributed by atoms with Crippen LogP contribution in [0.3, 0.4) is 0 Å². The van der Waals surface area contributed by atoms with Gasteiger partial charge in [-0.05, 0) is 183 Å². The van der Waals surface area contributed by atoms with Crippen LogP contribution in [0.1, 0.15) is 183 Å². The summed E-state index contributed by atoms with van der Waals surface area (Å²) in [6, 6.07) is 18.3. The molecule has 0 amide bonds. The Morgan fingerprint density at radius 1 is 0.358 bits per heavy atom. The molecular weight excluding hydrogens is 1340 g/mol.